The van der Waals surface area contributed by atoms with Gasteiger partial charge in [-0.25, -0.2) is 9.59 Å². The van der Waals surface area contributed by atoms with Crippen molar-refractivity contribution in [3.05, 3.63) is 52.4 Å². The highest BCUT2D eigenvalue weighted by Gasteiger charge is 2.33. The zero-order valence-corrected chi connectivity index (χ0v) is 21.0. The van der Waals surface area contributed by atoms with Crippen molar-refractivity contribution in [3.8, 4) is 10.4 Å². The smallest absolute Gasteiger partial charge is 0.410 e. The summed E-state index contributed by atoms with van der Waals surface area (Å²) in [7, 11) is 0. The molecule has 2 heterocycles. The van der Waals surface area contributed by atoms with Crippen molar-refractivity contribution >= 4 is 29.0 Å². The first-order chi connectivity index (χ1) is 16.5. The van der Waals surface area contributed by atoms with Crippen LogP contribution in [-0.4, -0.2) is 41.8 Å². The van der Waals surface area contributed by atoms with E-state index in [0.29, 0.717) is 36.9 Å². The first kappa shape index (κ1) is 24.5. The highest BCUT2D eigenvalue weighted by molar-refractivity contribution is 7.17. The van der Waals surface area contributed by atoms with Crippen molar-refractivity contribution in [1.82, 2.24) is 4.90 Å². The second kappa shape index (κ2) is 11.2. The predicted octanol–water partition coefficient (Wildman–Crippen LogP) is 7.34. The second-order valence-electron chi connectivity index (χ2n) is 9.62. The number of carboxylic acids is 1. The molecule has 34 heavy (non-hydrogen) atoms. The summed E-state index contributed by atoms with van der Waals surface area (Å²) < 4.78 is 5.51. The van der Waals surface area contributed by atoms with Gasteiger partial charge in [0.05, 0.1) is 6.61 Å². The van der Waals surface area contributed by atoms with Crippen molar-refractivity contribution in [3.63, 3.8) is 0 Å². The molecule has 0 spiro atoms. The van der Waals surface area contributed by atoms with Crippen LogP contribution in [0.4, 0.5) is 4.79 Å². The third-order valence-corrected chi connectivity index (χ3v) is 8.35. The third-order valence-electron chi connectivity index (χ3n) is 7.18. The molecule has 0 bridgehead atoms. The minimum Gasteiger partial charge on any atom is -0.477 e. The number of carbonyl (C=O) groups is 2. The Kier molecular flexibility index (Phi) is 8.09. The normalized spacial score (nSPS) is 20.9. The van der Waals surface area contributed by atoms with Gasteiger partial charge in [0, 0.05) is 23.5 Å². The average Bonchev–Trinajstić information content (AvgIpc) is 3.31. The standard InChI is InChI=1S/C28H35NO4S/c1-3-4-16-33-28(32)29-15-14-22(24(18-29)20-12-10-19(2)11-13-20)23-17-25(34-26(23)27(30)31)21-8-6-5-7-9-21/h5-9,17,19-20H,3-4,10-16,18H2,1-2H3,(H,30,31). The van der Waals surface area contributed by atoms with Gasteiger partial charge in [-0.2, -0.15) is 0 Å². The van der Waals surface area contributed by atoms with Gasteiger partial charge in [0.25, 0.3) is 0 Å². The molecule has 1 N–H and O–H groups in total. The molecule has 1 aromatic heterocycles. The molecule has 5 nitrogen and oxygen atoms in total. The van der Waals surface area contributed by atoms with Gasteiger partial charge in [0.2, 0.25) is 0 Å². The number of nitrogens with zero attached hydrogens (tertiary/aromatic N) is 1. The van der Waals surface area contributed by atoms with Gasteiger partial charge >= 0.3 is 12.1 Å². The molecule has 0 unspecified atom stereocenters. The molecule has 0 atom stereocenters. The first-order valence-corrected chi connectivity index (χ1v) is 13.4. The summed E-state index contributed by atoms with van der Waals surface area (Å²) in [4.78, 5) is 28.2. The van der Waals surface area contributed by atoms with Crippen LogP contribution in [0, 0.1) is 11.8 Å². The number of ether oxygens (including phenoxy) is 1. The van der Waals surface area contributed by atoms with E-state index in [0.717, 1.165) is 53.2 Å². The molecule has 1 aromatic carbocycles. The number of unbranched alkanes of at least 4 members (excludes halogenated alkanes) is 1. The van der Waals surface area contributed by atoms with Gasteiger partial charge in [-0.05, 0) is 60.3 Å². The Morgan fingerprint density at radius 1 is 1.15 bits per heavy atom. The van der Waals surface area contributed by atoms with Crippen LogP contribution in [0.5, 0.6) is 0 Å². The van der Waals surface area contributed by atoms with Crippen molar-refractivity contribution in [2.45, 2.75) is 58.8 Å². The first-order valence-electron chi connectivity index (χ1n) is 12.5. The Labute approximate surface area is 206 Å². The molecule has 4 rings (SSSR count). The molecule has 6 heteroatoms. The molecule has 1 fully saturated rings. The summed E-state index contributed by atoms with van der Waals surface area (Å²) in [5.74, 6) is 0.228. The van der Waals surface area contributed by atoms with Gasteiger partial charge in [0.15, 0.2) is 0 Å². The number of carboxylic acid groups (broad SMARTS) is 1. The summed E-state index contributed by atoms with van der Waals surface area (Å²) >= 11 is 1.35. The number of rotatable bonds is 7. The predicted molar refractivity (Wildman–Crippen MR) is 137 cm³/mol. The van der Waals surface area contributed by atoms with Crippen molar-refractivity contribution in [1.29, 1.82) is 0 Å². The Morgan fingerprint density at radius 2 is 1.88 bits per heavy atom. The molecule has 182 valence electrons. The maximum atomic E-state index is 12.7. The van der Waals surface area contributed by atoms with Gasteiger partial charge in [0.1, 0.15) is 4.88 Å². The van der Waals surface area contributed by atoms with Crippen LogP contribution in [0.1, 0.15) is 74.0 Å². The molecule has 1 aliphatic heterocycles. The van der Waals surface area contributed by atoms with E-state index in [4.69, 9.17) is 4.74 Å². The van der Waals surface area contributed by atoms with E-state index in [1.807, 2.05) is 35.2 Å². The maximum Gasteiger partial charge on any atom is 0.410 e. The van der Waals surface area contributed by atoms with Gasteiger partial charge in [-0.15, -0.1) is 11.3 Å². The van der Waals surface area contributed by atoms with Crippen LogP contribution < -0.4 is 0 Å². The lowest BCUT2D eigenvalue weighted by Crippen LogP contribution is -2.39. The number of hydrogen-bond acceptors (Lipinski definition) is 4. The lowest BCUT2D eigenvalue weighted by Gasteiger charge is -2.36. The lowest BCUT2D eigenvalue weighted by molar-refractivity contribution is 0.0701. The summed E-state index contributed by atoms with van der Waals surface area (Å²) in [6.07, 6.45) is 6.81. The minimum absolute atomic E-state index is 0.247. The Morgan fingerprint density at radius 3 is 2.56 bits per heavy atom. The molecule has 2 aliphatic rings. The van der Waals surface area contributed by atoms with E-state index < -0.39 is 5.97 Å². The molecule has 0 radical (unpaired) electrons. The SMILES string of the molecule is CCCCOC(=O)N1CCC(c2cc(-c3ccccc3)sc2C(=O)O)=C(C2CCC(C)CC2)C1. The minimum atomic E-state index is -0.882. The second-order valence-corrected chi connectivity index (χ2v) is 10.7. The number of benzene rings is 1. The summed E-state index contributed by atoms with van der Waals surface area (Å²) in [5.41, 5.74) is 4.24. The zero-order valence-electron chi connectivity index (χ0n) is 20.2. The number of hydrogen-bond donors (Lipinski definition) is 1. The Balaban J connectivity index is 1.70. The van der Waals surface area contributed by atoms with E-state index in [1.165, 1.54) is 29.8 Å². The van der Waals surface area contributed by atoms with Gasteiger partial charge in [-0.3, -0.25) is 0 Å². The van der Waals surface area contributed by atoms with Crippen molar-refractivity contribution < 1.29 is 19.4 Å². The fraction of sp³-hybridized carbons (Fsp3) is 0.500. The fourth-order valence-corrected chi connectivity index (χ4v) is 6.18. The quantitative estimate of drug-likeness (QED) is 0.420. The van der Waals surface area contributed by atoms with Crippen LogP contribution in [-0.2, 0) is 4.74 Å². The number of carbonyl (C=O) groups excluding carboxylic acids is 1. The Hall–Kier alpha value is -2.60. The number of aromatic carboxylic acids is 1. The Bertz CT molecular complexity index is 1030. The van der Waals surface area contributed by atoms with Crippen molar-refractivity contribution in [2.75, 3.05) is 19.7 Å². The van der Waals surface area contributed by atoms with Crippen LogP contribution >= 0.6 is 11.3 Å². The van der Waals surface area contributed by atoms with Gasteiger partial charge in [-0.1, -0.05) is 63.4 Å². The molecule has 1 saturated carbocycles. The molecule has 0 saturated heterocycles. The highest BCUT2D eigenvalue weighted by atomic mass is 32.1. The number of amides is 1. The van der Waals surface area contributed by atoms with Crippen LogP contribution in [0.3, 0.4) is 0 Å². The van der Waals surface area contributed by atoms with E-state index in [2.05, 4.69) is 19.9 Å². The average molecular weight is 482 g/mol. The monoisotopic (exact) mass is 481 g/mol. The molecule has 2 aromatic rings. The molecule has 1 aliphatic carbocycles. The van der Waals surface area contributed by atoms with E-state index in [9.17, 15) is 14.7 Å². The highest BCUT2D eigenvalue weighted by Crippen LogP contribution is 2.43. The maximum absolute atomic E-state index is 12.7. The third kappa shape index (κ3) is 5.54. The van der Waals surface area contributed by atoms with Crippen LogP contribution in [0.25, 0.3) is 16.0 Å². The number of thiophene rings is 1. The zero-order chi connectivity index (χ0) is 24.1. The summed E-state index contributed by atoms with van der Waals surface area (Å²) in [5, 5.41) is 10.1. The lowest BCUT2D eigenvalue weighted by atomic mass is 9.75. The van der Waals surface area contributed by atoms with Crippen molar-refractivity contribution in [2.24, 2.45) is 11.8 Å². The van der Waals surface area contributed by atoms with E-state index in [1.54, 1.807) is 0 Å². The van der Waals surface area contributed by atoms with Gasteiger partial charge < -0.3 is 14.7 Å². The summed E-state index contributed by atoms with van der Waals surface area (Å²) in [6.45, 7) is 5.93. The molecular weight excluding hydrogens is 446 g/mol. The largest absolute Gasteiger partial charge is 0.477 e. The van der Waals surface area contributed by atoms with E-state index in [-0.39, 0.29) is 6.09 Å². The summed E-state index contributed by atoms with van der Waals surface area (Å²) in [6, 6.07) is 12.0. The van der Waals surface area contributed by atoms with Crippen LogP contribution in [0.2, 0.25) is 0 Å². The fourth-order valence-electron chi connectivity index (χ4n) is 5.15. The molecule has 1 amide bonds. The van der Waals surface area contributed by atoms with E-state index >= 15 is 0 Å². The topological polar surface area (TPSA) is 66.8 Å². The molecular formula is C28H35NO4S. The van der Waals surface area contributed by atoms with Crippen LogP contribution in [0.15, 0.2) is 42.0 Å².